The molecule has 1 aromatic heterocycles. The third kappa shape index (κ3) is 9.98. The Morgan fingerprint density at radius 2 is 1.05 bits per heavy atom. The van der Waals surface area contributed by atoms with Gasteiger partial charge in [0.1, 0.15) is 0 Å². The van der Waals surface area contributed by atoms with Crippen LogP contribution in [0.2, 0.25) is 0 Å². The summed E-state index contributed by atoms with van der Waals surface area (Å²) in [6.07, 6.45) is 0. The zero-order valence-electron chi connectivity index (χ0n) is 21.3. The van der Waals surface area contributed by atoms with Crippen LogP contribution in [-0.2, 0) is 19.1 Å². The van der Waals surface area contributed by atoms with E-state index < -0.39 is 0 Å². The Morgan fingerprint density at radius 1 is 0.667 bits per heavy atom. The number of fused-ring (bicyclic) bond motifs is 2. The molecular formula is C25H36Cl3N5O6. The number of anilines is 2. The van der Waals surface area contributed by atoms with Crippen molar-refractivity contribution < 1.29 is 30.0 Å². The molecule has 2 aliphatic rings. The zero-order valence-corrected chi connectivity index (χ0v) is 23.8. The van der Waals surface area contributed by atoms with Crippen molar-refractivity contribution in [3.8, 4) is 0 Å². The highest BCUT2D eigenvalue weighted by atomic mass is 35.5. The number of halogens is 3. The average Bonchev–Trinajstić information content (AvgIpc) is 2.84. The molecule has 2 aromatic carbocycles. The normalized spacial score (nSPS) is 15.4. The Bertz CT molecular complexity index is 1120. The number of carbonyl (C=O) groups is 2. The second-order valence-corrected chi connectivity index (χ2v) is 8.68. The first-order valence-electron chi connectivity index (χ1n) is 11.7. The molecular weight excluding hydrogens is 573 g/mol. The number of ether oxygens (including phenoxy) is 2. The Labute approximate surface area is 245 Å². The predicted octanol–water partition coefficient (Wildman–Crippen LogP) is 1.55. The first-order valence-corrected chi connectivity index (χ1v) is 11.7. The molecule has 2 amide bonds. The number of carbonyl (C=O) groups excluding carboxylic acids is 2. The van der Waals surface area contributed by atoms with Crippen LogP contribution in [0.1, 0.15) is 0 Å². The summed E-state index contributed by atoms with van der Waals surface area (Å²) in [5.74, 6) is -0.0976. The topological polar surface area (TPSA) is 159 Å². The molecule has 0 atom stereocenters. The molecule has 218 valence electrons. The zero-order chi connectivity index (χ0) is 23.3. The third-order valence-corrected chi connectivity index (χ3v) is 6.12. The maximum atomic E-state index is 12.5. The van der Waals surface area contributed by atoms with Crippen LogP contribution in [0.3, 0.4) is 0 Å². The lowest BCUT2D eigenvalue weighted by atomic mass is 10.1. The van der Waals surface area contributed by atoms with Crippen LogP contribution in [0.25, 0.3) is 21.8 Å². The average molecular weight is 609 g/mol. The molecule has 0 aliphatic carbocycles. The summed E-state index contributed by atoms with van der Waals surface area (Å²) in [6.45, 7) is 6.42. The fourth-order valence-electron chi connectivity index (χ4n) is 4.30. The standard InChI is InChI=1S/C25H29N5O4.3ClH.2H2O/c31-24(16-29-5-9-33-10-6-29)26-20-3-1-18-13-19-2-4-21(15-23(19)28-22(18)14-20)27-25(32)17-30-7-11-34-12-8-30;;;;;/h1-4,13-15H,5-12,16-17H2,(H,26,31)(H,27,32);3*1H;2*1H2. The molecule has 2 aliphatic heterocycles. The number of amides is 2. The van der Waals surface area contributed by atoms with E-state index in [-0.39, 0.29) is 60.0 Å². The summed E-state index contributed by atoms with van der Waals surface area (Å²) in [4.78, 5) is 33.9. The van der Waals surface area contributed by atoms with Crippen LogP contribution in [0, 0.1) is 0 Å². The van der Waals surface area contributed by atoms with E-state index in [2.05, 4.69) is 26.5 Å². The number of nitrogens with one attached hydrogen (secondary N) is 2. The van der Waals surface area contributed by atoms with Crippen molar-refractivity contribution in [3.05, 3.63) is 42.5 Å². The van der Waals surface area contributed by atoms with E-state index in [0.29, 0.717) is 50.9 Å². The SMILES string of the molecule is Cl.Cl.Cl.O.O.O=C(CN1CCOCC1)Nc1ccc2cc3ccc(NC(=O)CN4CCOCC4)cc3nc2c1. The molecule has 3 heterocycles. The van der Waals surface area contributed by atoms with Gasteiger partial charge < -0.3 is 31.1 Å². The Hall–Kier alpha value is -2.32. The molecule has 0 saturated carbocycles. The maximum Gasteiger partial charge on any atom is 0.238 e. The van der Waals surface area contributed by atoms with E-state index in [4.69, 9.17) is 14.5 Å². The monoisotopic (exact) mass is 607 g/mol. The minimum absolute atomic E-state index is 0. The van der Waals surface area contributed by atoms with Crippen LogP contribution in [0.4, 0.5) is 11.4 Å². The van der Waals surface area contributed by atoms with Gasteiger partial charge in [0.2, 0.25) is 11.8 Å². The number of hydrogen-bond acceptors (Lipinski definition) is 7. The molecule has 2 saturated heterocycles. The number of hydrogen-bond donors (Lipinski definition) is 2. The van der Waals surface area contributed by atoms with Gasteiger partial charge in [0.05, 0.1) is 50.6 Å². The third-order valence-electron chi connectivity index (χ3n) is 6.12. The second kappa shape index (κ2) is 17.4. The van der Waals surface area contributed by atoms with Crippen molar-refractivity contribution >= 4 is 82.2 Å². The van der Waals surface area contributed by atoms with Crippen LogP contribution in [0.5, 0.6) is 0 Å². The quantitative estimate of drug-likeness (QED) is 0.402. The van der Waals surface area contributed by atoms with Gasteiger partial charge in [-0.25, -0.2) is 4.98 Å². The molecule has 0 bridgehead atoms. The van der Waals surface area contributed by atoms with Crippen molar-refractivity contribution in [3.63, 3.8) is 0 Å². The van der Waals surface area contributed by atoms with Crippen molar-refractivity contribution in [2.75, 3.05) is 76.3 Å². The molecule has 39 heavy (non-hydrogen) atoms. The fourth-order valence-corrected chi connectivity index (χ4v) is 4.30. The number of benzene rings is 2. The summed E-state index contributed by atoms with van der Waals surface area (Å²) in [5, 5.41) is 7.92. The summed E-state index contributed by atoms with van der Waals surface area (Å²) in [5.41, 5.74) is 3.00. The molecule has 0 unspecified atom stereocenters. The lowest BCUT2D eigenvalue weighted by Crippen LogP contribution is -2.41. The summed E-state index contributed by atoms with van der Waals surface area (Å²) < 4.78 is 10.7. The van der Waals surface area contributed by atoms with Gasteiger partial charge in [0, 0.05) is 48.3 Å². The Morgan fingerprint density at radius 3 is 1.44 bits per heavy atom. The van der Waals surface area contributed by atoms with E-state index in [1.54, 1.807) is 0 Å². The Balaban J connectivity index is 0.00000289. The maximum absolute atomic E-state index is 12.5. The molecule has 0 radical (unpaired) electrons. The van der Waals surface area contributed by atoms with Gasteiger partial charge in [-0.15, -0.1) is 37.2 Å². The number of pyridine rings is 1. The largest absolute Gasteiger partial charge is 0.412 e. The lowest BCUT2D eigenvalue weighted by molar-refractivity contribution is -0.119. The highest BCUT2D eigenvalue weighted by Crippen LogP contribution is 2.25. The first-order chi connectivity index (χ1) is 16.6. The highest BCUT2D eigenvalue weighted by molar-refractivity contribution is 5.99. The van der Waals surface area contributed by atoms with E-state index in [1.807, 2.05) is 36.4 Å². The second-order valence-electron chi connectivity index (χ2n) is 8.68. The lowest BCUT2D eigenvalue weighted by Gasteiger charge is -2.25. The molecule has 6 N–H and O–H groups in total. The van der Waals surface area contributed by atoms with Gasteiger partial charge in [-0.3, -0.25) is 19.4 Å². The molecule has 0 spiro atoms. The first kappa shape index (κ1) is 36.7. The van der Waals surface area contributed by atoms with Gasteiger partial charge >= 0.3 is 0 Å². The van der Waals surface area contributed by atoms with Gasteiger partial charge in [0.15, 0.2) is 0 Å². The molecule has 2 fully saturated rings. The van der Waals surface area contributed by atoms with Gasteiger partial charge in [0.25, 0.3) is 0 Å². The Kier molecular flexibility index (Phi) is 16.4. The molecule has 14 heteroatoms. The van der Waals surface area contributed by atoms with E-state index in [9.17, 15) is 9.59 Å². The minimum atomic E-state index is -0.0488. The number of morpholine rings is 2. The van der Waals surface area contributed by atoms with Gasteiger partial charge in [-0.05, 0) is 30.3 Å². The summed E-state index contributed by atoms with van der Waals surface area (Å²) in [7, 11) is 0. The van der Waals surface area contributed by atoms with Crippen molar-refractivity contribution in [2.24, 2.45) is 0 Å². The van der Waals surface area contributed by atoms with Crippen LogP contribution in [0.15, 0.2) is 42.5 Å². The van der Waals surface area contributed by atoms with Crippen LogP contribution in [-0.4, -0.2) is 103 Å². The van der Waals surface area contributed by atoms with Gasteiger partial charge in [-0.2, -0.15) is 0 Å². The van der Waals surface area contributed by atoms with Crippen molar-refractivity contribution in [1.82, 2.24) is 14.8 Å². The van der Waals surface area contributed by atoms with E-state index in [1.165, 1.54) is 0 Å². The number of rotatable bonds is 6. The van der Waals surface area contributed by atoms with Crippen molar-refractivity contribution in [2.45, 2.75) is 0 Å². The molecule has 11 nitrogen and oxygen atoms in total. The summed E-state index contributed by atoms with van der Waals surface area (Å²) >= 11 is 0. The van der Waals surface area contributed by atoms with E-state index in [0.717, 1.165) is 48.0 Å². The van der Waals surface area contributed by atoms with E-state index >= 15 is 0 Å². The predicted molar refractivity (Wildman–Crippen MR) is 160 cm³/mol. The van der Waals surface area contributed by atoms with Crippen molar-refractivity contribution in [1.29, 1.82) is 0 Å². The van der Waals surface area contributed by atoms with Crippen LogP contribution < -0.4 is 10.6 Å². The number of aromatic nitrogens is 1. The van der Waals surface area contributed by atoms with Crippen LogP contribution >= 0.6 is 37.2 Å². The minimum Gasteiger partial charge on any atom is -0.412 e. The molecule has 3 aromatic rings. The fraction of sp³-hybridized carbons (Fsp3) is 0.400. The van der Waals surface area contributed by atoms with Gasteiger partial charge in [-0.1, -0.05) is 12.1 Å². The summed E-state index contributed by atoms with van der Waals surface area (Å²) in [6, 6.07) is 13.6. The number of nitrogens with zero attached hydrogens (tertiary/aromatic N) is 3. The smallest absolute Gasteiger partial charge is 0.238 e. The molecule has 5 rings (SSSR count). The highest BCUT2D eigenvalue weighted by Gasteiger charge is 2.16.